The average molecular weight is 588 g/mol. The van der Waals surface area contributed by atoms with Gasteiger partial charge in [-0.1, -0.05) is 40.8 Å². The molecule has 0 aliphatic carbocycles. The van der Waals surface area contributed by atoms with E-state index in [1.165, 1.54) is 5.69 Å². The van der Waals surface area contributed by atoms with Crippen molar-refractivity contribution >= 4 is 46.1 Å². The van der Waals surface area contributed by atoms with Gasteiger partial charge in [-0.2, -0.15) is 0 Å². The molecule has 1 unspecified atom stereocenters. The lowest BCUT2D eigenvalue weighted by atomic mass is 10.0. The average Bonchev–Trinajstić information content (AvgIpc) is 3.41. The summed E-state index contributed by atoms with van der Waals surface area (Å²) in [5.74, 6) is 2.03. The number of alkyl halides is 1. The molecule has 0 saturated carbocycles. The molecule has 186 valence electrons. The van der Waals surface area contributed by atoms with E-state index in [4.69, 9.17) is 0 Å². The molecule has 2 saturated heterocycles. The number of hydrogen-bond donors (Lipinski definition) is 2. The Morgan fingerprint density at radius 2 is 1.94 bits per heavy atom. The van der Waals surface area contributed by atoms with Crippen molar-refractivity contribution in [2.24, 2.45) is 11.8 Å². The molecule has 35 heavy (non-hydrogen) atoms. The number of aliphatic hydroxyl groups is 1. The van der Waals surface area contributed by atoms with Gasteiger partial charge in [-0.15, -0.1) is 0 Å². The van der Waals surface area contributed by atoms with E-state index in [-0.39, 0.29) is 24.6 Å². The van der Waals surface area contributed by atoms with Crippen LogP contribution in [0.5, 0.6) is 0 Å². The van der Waals surface area contributed by atoms with Crippen molar-refractivity contribution in [3.63, 3.8) is 0 Å². The number of benzene rings is 1. The largest absolute Gasteiger partial charge is 0.395 e. The molecule has 3 aliphatic rings. The first-order valence-electron chi connectivity index (χ1n) is 12.5. The van der Waals surface area contributed by atoms with Crippen LogP contribution in [0, 0.1) is 11.8 Å². The first-order valence-corrected chi connectivity index (χ1v) is 14.0. The molecule has 2 fully saturated rings. The highest BCUT2D eigenvalue weighted by Crippen LogP contribution is 2.34. The zero-order valence-corrected chi connectivity index (χ0v) is 22.3. The quantitative estimate of drug-likeness (QED) is 0.308. The van der Waals surface area contributed by atoms with Crippen molar-refractivity contribution in [2.45, 2.75) is 25.6 Å². The van der Waals surface area contributed by atoms with Crippen LogP contribution in [0.2, 0.25) is 0 Å². The fourth-order valence-electron chi connectivity index (χ4n) is 5.76. The number of carbonyl (C=O) groups excluding carboxylic acids is 1. The molecule has 0 spiro atoms. The van der Waals surface area contributed by atoms with Gasteiger partial charge in [0.1, 0.15) is 5.82 Å². The SMILES string of the molecule is C[C@@H]1Nc2ncc(/C=C/C(=O)N3C[C@@H]4CN(c5ccccc5)C[C@@H]4C3)cc2CN(CCI)C1CO. The maximum absolute atomic E-state index is 13.0. The Balaban J connectivity index is 1.22. The summed E-state index contributed by atoms with van der Waals surface area (Å²) >= 11 is 2.38. The number of pyridine rings is 1. The van der Waals surface area contributed by atoms with Crippen molar-refractivity contribution in [3.05, 3.63) is 59.8 Å². The van der Waals surface area contributed by atoms with Gasteiger partial charge in [0, 0.05) is 85.1 Å². The molecule has 4 atom stereocenters. The van der Waals surface area contributed by atoms with Gasteiger partial charge in [-0.25, -0.2) is 4.98 Å². The molecule has 4 heterocycles. The number of halogens is 1. The molecule has 0 bridgehead atoms. The van der Waals surface area contributed by atoms with Crippen LogP contribution in [-0.4, -0.2) is 81.6 Å². The number of likely N-dealkylation sites (tertiary alicyclic amines) is 1. The minimum atomic E-state index is 0.0481. The van der Waals surface area contributed by atoms with E-state index in [1.807, 2.05) is 17.2 Å². The Bertz CT molecular complexity index is 1050. The Morgan fingerprint density at radius 3 is 2.63 bits per heavy atom. The smallest absolute Gasteiger partial charge is 0.246 e. The lowest BCUT2D eigenvalue weighted by Gasteiger charge is -2.31. The topological polar surface area (TPSA) is 71.9 Å². The third kappa shape index (κ3) is 5.34. The summed E-state index contributed by atoms with van der Waals surface area (Å²) in [5, 5.41) is 13.4. The highest BCUT2D eigenvalue weighted by Gasteiger charge is 2.41. The number of aromatic nitrogens is 1. The number of nitrogens with one attached hydrogen (secondary N) is 1. The van der Waals surface area contributed by atoms with Gasteiger partial charge in [0.2, 0.25) is 5.91 Å². The number of para-hydroxylation sites is 1. The van der Waals surface area contributed by atoms with E-state index in [0.29, 0.717) is 11.8 Å². The third-order valence-electron chi connectivity index (χ3n) is 7.67. The van der Waals surface area contributed by atoms with Gasteiger partial charge in [-0.3, -0.25) is 9.69 Å². The van der Waals surface area contributed by atoms with Crippen LogP contribution < -0.4 is 10.2 Å². The fourth-order valence-corrected chi connectivity index (χ4v) is 6.38. The van der Waals surface area contributed by atoms with E-state index in [0.717, 1.165) is 60.6 Å². The molecule has 2 aromatic rings. The number of carbonyl (C=O) groups is 1. The second kappa shape index (κ2) is 10.8. The summed E-state index contributed by atoms with van der Waals surface area (Å²) in [5.41, 5.74) is 3.31. The maximum atomic E-state index is 13.0. The monoisotopic (exact) mass is 587 g/mol. The third-order valence-corrected chi connectivity index (χ3v) is 8.15. The minimum Gasteiger partial charge on any atom is -0.395 e. The molecule has 1 aromatic carbocycles. The molecule has 1 amide bonds. The number of amides is 1. The van der Waals surface area contributed by atoms with Crippen LogP contribution in [0.4, 0.5) is 11.5 Å². The summed E-state index contributed by atoms with van der Waals surface area (Å²) in [6.45, 7) is 7.54. The molecule has 8 heteroatoms. The number of rotatable bonds is 6. The molecule has 0 radical (unpaired) electrons. The van der Waals surface area contributed by atoms with E-state index in [1.54, 1.807) is 6.08 Å². The van der Waals surface area contributed by atoms with E-state index >= 15 is 0 Å². The highest BCUT2D eigenvalue weighted by atomic mass is 127. The van der Waals surface area contributed by atoms with Crippen LogP contribution >= 0.6 is 22.6 Å². The van der Waals surface area contributed by atoms with Crippen LogP contribution in [0.15, 0.2) is 48.7 Å². The first-order chi connectivity index (χ1) is 17.1. The summed E-state index contributed by atoms with van der Waals surface area (Å²) < 4.78 is 0.999. The molecule has 5 rings (SSSR count). The standard InChI is InChI=1S/C27H34IN5O2/c1-19-25(18-34)31(10-9-28)13-21-11-20(12-29-27(21)30-19)7-8-26(35)33-16-22-14-32(15-23(22)17-33)24-5-3-2-4-6-24/h2-8,11-12,19,22-23,25,34H,9-10,13-18H2,1H3,(H,29,30)/b8-7+/t19-,22-,23+,25?/m0/s1. The maximum Gasteiger partial charge on any atom is 0.246 e. The Kier molecular flexibility index (Phi) is 7.59. The number of anilines is 2. The van der Waals surface area contributed by atoms with Gasteiger partial charge in [0.05, 0.1) is 12.6 Å². The zero-order valence-electron chi connectivity index (χ0n) is 20.2. The van der Waals surface area contributed by atoms with Crippen LogP contribution in [-0.2, 0) is 11.3 Å². The molecule has 2 N–H and O–H groups in total. The van der Waals surface area contributed by atoms with Crippen LogP contribution in [0.1, 0.15) is 18.1 Å². The minimum absolute atomic E-state index is 0.0481. The normalized spacial score (nSPS) is 26.5. The van der Waals surface area contributed by atoms with Crippen molar-refractivity contribution in [2.75, 3.05) is 54.0 Å². The predicted octanol–water partition coefficient (Wildman–Crippen LogP) is 3.10. The number of hydrogen-bond acceptors (Lipinski definition) is 6. The second-order valence-corrected chi connectivity index (χ2v) is 11.0. The molecule has 7 nitrogen and oxygen atoms in total. The van der Waals surface area contributed by atoms with Gasteiger partial charge < -0.3 is 20.2 Å². The summed E-state index contributed by atoms with van der Waals surface area (Å²) in [4.78, 5) is 24.4. The lowest BCUT2D eigenvalue weighted by Crippen LogP contribution is -2.46. The van der Waals surface area contributed by atoms with Crippen LogP contribution in [0.3, 0.4) is 0 Å². The van der Waals surface area contributed by atoms with E-state index in [2.05, 4.69) is 86.0 Å². The van der Waals surface area contributed by atoms with Crippen molar-refractivity contribution < 1.29 is 9.90 Å². The van der Waals surface area contributed by atoms with Crippen LogP contribution in [0.25, 0.3) is 6.08 Å². The van der Waals surface area contributed by atoms with Crippen molar-refractivity contribution in [1.29, 1.82) is 0 Å². The number of aliphatic hydroxyl groups excluding tert-OH is 1. The van der Waals surface area contributed by atoms with E-state index < -0.39 is 0 Å². The zero-order chi connectivity index (χ0) is 24.4. The number of nitrogens with zero attached hydrogens (tertiary/aromatic N) is 4. The van der Waals surface area contributed by atoms with Gasteiger partial charge in [0.25, 0.3) is 0 Å². The summed E-state index contributed by atoms with van der Waals surface area (Å²) in [6, 6.07) is 12.8. The Labute approximate surface area is 221 Å². The summed E-state index contributed by atoms with van der Waals surface area (Å²) in [7, 11) is 0. The second-order valence-electron chi connectivity index (χ2n) is 9.96. The molecule has 1 aromatic heterocycles. The molecule has 3 aliphatic heterocycles. The summed E-state index contributed by atoms with van der Waals surface area (Å²) in [6.07, 6.45) is 5.41. The van der Waals surface area contributed by atoms with Crippen molar-refractivity contribution in [3.8, 4) is 0 Å². The Hall–Kier alpha value is -2.17. The van der Waals surface area contributed by atoms with Gasteiger partial charge >= 0.3 is 0 Å². The first kappa shape index (κ1) is 24.5. The van der Waals surface area contributed by atoms with E-state index in [9.17, 15) is 9.90 Å². The lowest BCUT2D eigenvalue weighted by molar-refractivity contribution is -0.125. The molecular weight excluding hydrogens is 553 g/mol. The highest BCUT2D eigenvalue weighted by molar-refractivity contribution is 14.1. The number of fused-ring (bicyclic) bond motifs is 2. The van der Waals surface area contributed by atoms with Gasteiger partial charge in [0.15, 0.2) is 0 Å². The molecular formula is C27H34IN5O2. The Morgan fingerprint density at radius 1 is 1.20 bits per heavy atom. The fraction of sp³-hybridized carbons (Fsp3) is 0.481. The van der Waals surface area contributed by atoms with Crippen molar-refractivity contribution in [1.82, 2.24) is 14.8 Å². The van der Waals surface area contributed by atoms with Gasteiger partial charge in [-0.05, 0) is 36.8 Å². The predicted molar refractivity (Wildman–Crippen MR) is 149 cm³/mol.